The van der Waals surface area contributed by atoms with E-state index in [4.69, 9.17) is 0 Å². The third-order valence-electron chi connectivity index (χ3n) is 6.57. The molecule has 1 saturated carbocycles. The van der Waals surface area contributed by atoms with Crippen LogP contribution in [0.15, 0.2) is 16.8 Å². The Morgan fingerprint density at radius 3 is 2.67 bits per heavy atom. The van der Waals surface area contributed by atoms with Gasteiger partial charge in [-0.1, -0.05) is 12.8 Å². The lowest BCUT2D eigenvalue weighted by atomic mass is 9.78. The number of piperidine rings is 1. The summed E-state index contributed by atoms with van der Waals surface area (Å²) in [5.41, 5.74) is 0.793. The summed E-state index contributed by atoms with van der Waals surface area (Å²) in [6.07, 6.45) is 8.51. The Balaban J connectivity index is 1.32. The van der Waals surface area contributed by atoms with Crippen molar-refractivity contribution in [1.82, 2.24) is 14.7 Å². The molecule has 2 aliphatic heterocycles. The fraction of sp³-hybridized carbons (Fsp3) is 0.714. The summed E-state index contributed by atoms with van der Waals surface area (Å²) in [5.74, 6) is 1.18. The highest BCUT2D eigenvalue weighted by Crippen LogP contribution is 2.35. The largest absolute Gasteiger partial charge is 0.338 e. The van der Waals surface area contributed by atoms with Gasteiger partial charge in [0, 0.05) is 44.1 Å². The van der Waals surface area contributed by atoms with E-state index in [1.165, 1.54) is 32.1 Å². The zero-order valence-electron chi connectivity index (χ0n) is 16.1. The van der Waals surface area contributed by atoms with Crippen LogP contribution < -0.4 is 0 Å². The van der Waals surface area contributed by atoms with Crippen LogP contribution >= 0.6 is 11.3 Å². The Labute approximate surface area is 166 Å². The summed E-state index contributed by atoms with van der Waals surface area (Å²) in [4.78, 5) is 32.0. The summed E-state index contributed by atoms with van der Waals surface area (Å²) >= 11 is 1.56. The number of hydrogen-bond donors (Lipinski definition) is 0. The first-order chi connectivity index (χ1) is 13.2. The van der Waals surface area contributed by atoms with E-state index in [9.17, 15) is 9.59 Å². The molecule has 1 aromatic rings. The summed E-state index contributed by atoms with van der Waals surface area (Å²) in [5, 5.41) is 3.87. The maximum Gasteiger partial charge on any atom is 0.254 e. The molecular weight excluding hydrogens is 358 g/mol. The standard InChI is InChI=1S/C21H31N3O2S/c25-20(24-11-3-6-17-5-1-2-7-19(17)24)15-22-9-4-10-23(13-12-22)21(26)18-8-14-27-16-18/h8,14,16-17,19H,1-7,9-13,15H2. The first-order valence-electron chi connectivity index (χ1n) is 10.6. The Hall–Kier alpha value is -1.40. The van der Waals surface area contributed by atoms with Crippen molar-refractivity contribution in [2.75, 3.05) is 39.3 Å². The second-order valence-electron chi connectivity index (χ2n) is 8.28. The molecule has 3 heterocycles. The molecule has 0 aromatic carbocycles. The van der Waals surface area contributed by atoms with E-state index in [-0.39, 0.29) is 5.91 Å². The number of fused-ring (bicyclic) bond motifs is 1. The summed E-state index contributed by atoms with van der Waals surface area (Å²) < 4.78 is 0. The van der Waals surface area contributed by atoms with Crippen molar-refractivity contribution in [1.29, 1.82) is 0 Å². The first kappa shape index (κ1) is 18.9. The monoisotopic (exact) mass is 389 g/mol. The quantitative estimate of drug-likeness (QED) is 0.798. The molecule has 5 nitrogen and oxygen atoms in total. The number of nitrogens with zero attached hydrogens (tertiary/aromatic N) is 3. The number of hydrogen-bond acceptors (Lipinski definition) is 4. The Kier molecular flexibility index (Phi) is 6.13. The number of carbonyl (C=O) groups excluding carboxylic acids is 2. The molecule has 2 saturated heterocycles. The van der Waals surface area contributed by atoms with Crippen LogP contribution in [0, 0.1) is 5.92 Å². The fourth-order valence-electron chi connectivity index (χ4n) is 5.12. The minimum atomic E-state index is 0.130. The van der Waals surface area contributed by atoms with Gasteiger partial charge in [-0.05, 0) is 49.5 Å². The van der Waals surface area contributed by atoms with Crippen LogP contribution in [-0.4, -0.2) is 71.8 Å². The van der Waals surface area contributed by atoms with Crippen molar-refractivity contribution < 1.29 is 9.59 Å². The lowest BCUT2D eigenvalue weighted by molar-refractivity contribution is -0.138. The Morgan fingerprint density at radius 1 is 0.963 bits per heavy atom. The van der Waals surface area contributed by atoms with Gasteiger partial charge in [-0.15, -0.1) is 0 Å². The number of rotatable bonds is 3. The first-order valence-corrected chi connectivity index (χ1v) is 11.5. The molecule has 2 unspecified atom stereocenters. The minimum Gasteiger partial charge on any atom is -0.338 e. The molecule has 3 fully saturated rings. The predicted octanol–water partition coefficient (Wildman–Crippen LogP) is 3.08. The highest BCUT2D eigenvalue weighted by molar-refractivity contribution is 7.08. The zero-order valence-corrected chi connectivity index (χ0v) is 17.0. The Bertz CT molecular complexity index is 646. The van der Waals surface area contributed by atoms with Crippen molar-refractivity contribution in [3.63, 3.8) is 0 Å². The summed E-state index contributed by atoms with van der Waals surface area (Å²) in [6, 6.07) is 2.39. The normalized spacial score (nSPS) is 27.1. The molecule has 2 amide bonds. The van der Waals surface area contributed by atoms with Crippen molar-refractivity contribution in [2.45, 2.75) is 51.0 Å². The lowest BCUT2D eigenvalue weighted by Crippen LogP contribution is -2.52. The van der Waals surface area contributed by atoms with Gasteiger partial charge in [-0.25, -0.2) is 0 Å². The SMILES string of the molecule is O=C(c1ccsc1)N1CCCN(CC(=O)N2CCCC3CCCCC32)CC1. The van der Waals surface area contributed by atoms with Crippen molar-refractivity contribution >= 4 is 23.2 Å². The van der Waals surface area contributed by atoms with Gasteiger partial charge in [0.15, 0.2) is 0 Å². The Morgan fingerprint density at radius 2 is 1.81 bits per heavy atom. The van der Waals surface area contributed by atoms with Gasteiger partial charge < -0.3 is 9.80 Å². The van der Waals surface area contributed by atoms with Crippen LogP contribution in [-0.2, 0) is 4.79 Å². The van der Waals surface area contributed by atoms with Gasteiger partial charge in [0.25, 0.3) is 5.91 Å². The van der Waals surface area contributed by atoms with Gasteiger partial charge in [-0.2, -0.15) is 11.3 Å². The van der Waals surface area contributed by atoms with Crippen LogP contribution in [0.4, 0.5) is 0 Å². The molecule has 1 aliphatic carbocycles. The van der Waals surface area contributed by atoms with E-state index in [0.717, 1.165) is 50.5 Å². The third-order valence-corrected chi connectivity index (χ3v) is 7.25. The highest BCUT2D eigenvalue weighted by atomic mass is 32.1. The smallest absolute Gasteiger partial charge is 0.254 e. The molecular formula is C21H31N3O2S. The molecule has 0 N–H and O–H groups in total. The average Bonchev–Trinajstić information content (AvgIpc) is 3.14. The van der Waals surface area contributed by atoms with Crippen LogP contribution in [0.5, 0.6) is 0 Å². The van der Waals surface area contributed by atoms with Crippen LogP contribution in [0.3, 0.4) is 0 Å². The van der Waals surface area contributed by atoms with E-state index >= 15 is 0 Å². The van der Waals surface area contributed by atoms with E-state index < -0.39 is 0 Å². The molecule has 2 atom stereocenters. The number of carbonyl (C=O) groups is 2. The highest BCUT2D eigenvalue weighted by Gasteiger charge is 2.36. The van der Waals surface area contributed by atoms with E-state index in [1.807, 2.05) is 21.7 Å². The van der Waals surface area contributed by atoms with Crippen LogP contribution in [0.25, 0.3) is 0 Å². The van der Waals surface area contributed by atoms with Gasteiger partial charge in [0.1, 0.15) is 0 Å². The van der Waals surface area contributed by atoms with Crippen molar-refractivity contribution in [3.8, 4) is 0 Å². The minimum absolute atomic E-state index is 0.130. The third kappa shape index (κ3) is 4.37. The van der Waals surface area contributed by atoms with Gasteiger partial charge >= 0.3 is 0 Å². The molecule has 0 radical (unpaired) electrons. The molecule has 6 heteroatoms. The average molecular weight is 390 g/mol. The number of likely N-dealkylation sites (tertiary alicyclic amines) is 1. The van der Waals surface area contributed by atoms with Gasteiger partial charge in [-0.3, -0.25) is 14.5 Å². The van der Waals surface area contributed by atoms with Crippen LogP contribution in [0.1, 0.15) is 55.3 Å². The summed E-state index contributed by atoms with van der Waals surface area (Å²) in [6.45, 7) is 4.66. The lowest BCUT2D eigenvalue weighted by Gasteiger charge is -2.44. The van der Waals surface area contributed by atoms with E-state index in [0.29, 0.717) is 25.0 Å². The molecule has 0 spiro atoms. The maximum absolute atomic E-state index is 13.0. The second kappa shape index (κ2) is 8.74. The van der Waals surface area contributed by atoms with E-state index in [2.05, 4.69) is 9.80 Å². The topological polar surface area (TPSA) is 43.9 Å². The van der Waals surface area contributed by atoms with E-state index in [1.54, 1.807) is 11.3 Å². The number of thiophene rings is 1. The molecule has 3 aliphatic rings. The van der Waals surface area contributed by atoms with Gasteiger partial charge in [0.2, 0.25) is 5.91 Å². The van der Waals surface area contributed by atoms with Crippen LogP contribution in [0.2, 0.25) is 0 Å². The zero-order chi connectivity index (χ0) is 18.6. The molecule has 148 valence electrons. The number of amides is 2. The molecule has 4 rings (SSSR count). The maximum atomic E-state index is 13.0. The van der Waals surface area contributed by atoms with Crippen molar-refractivity contribution in [3.05, 3.63) is 22.4 Å². The predicted molar refractivity (Wildman–Crippen MR) is 108 cm³/mol. The van der Waals surface area contributed by atoms with Crippen molar-refractivity contribution in [2.24, 2.45) is 5.92 Å². The molecule has 0 bridgehead atoms. The molecule has 1 aromatic heterocycles. The van der Waals surface area contributed by atoms with Gasteiger partial charge in [0.05, 0.1) is 12.1 Å². The second-order valence-corrected chi connectivity index (χ2v) is 9.06. The fourth-order valence-corrected chi connectivity index (χ4v) is 5.75. The molecule has 27 heavy (non-hydrogen) atoms. The summed E-state index contributed by atoms with van der Waals surface area (Å²) in [7, 11) is 0.